The smallest absolute Gasteiger partial charge is 0.243 e. The molecule has 2 aromatic rings. The van der Waals surface area contributed by atoms with E-state index in [2.05, 4.69) is 26.6 Å². The summed E-state index contributed by atoms with van der Waals surface area (Å²) >= 11 is 3.48. The molecule has 0 aliphatic heterocycles. The molecule has 1 amide bonds. The van der Waals surface area contributed by atoms with Gasteiger partial charge in [0.15, 0.2) is 0 Å². The number of hydrogen-bond acceptors (Lipinski definition) is 3. The first-order valence-electron chi connectivity index (χ1n) is 6.94. The van der Waals surface area contributed by atoms with Gasteiger partial charge in [-0.15, -0.1) is 0 Å². The van der Waals surface area contributed by atoms with Crippen LogP contribution in [0.2, 0.25) is 0 Å². The molecule has 0 aliphatic carbocycles. The molecule has 0 spiro atoms. The van der Waals surface area contributed by atoms with Crippen LogP contribution in [-0.4, -0.2) is 19.6 Å². The highest BCUT2D eigenvalue weighted by molar-refractivity contribution is 9.10. The molecule has 0 bridgehead atoms. The largest absolute Gasteiger partial charge is 0.495 e. The first kappa shape index (κ1) is 16.4. The fourth-order valence-corrected chi connectivity index (χ4v) is 2.38. The molecule has 5 heteroatoms. The van der Waals surface area contributed by atoms with Crippen LogP contribution in [-0.2, 0) is 4.79 Å². The van der Waals surface area contributed by atoms with Crippen molar-refractivity contribution in [2.75, 3.05) is 24.3 Å². The molecule has 0 aliphatic rings. The van der Waals surface area contributed by atoms with Crippen molar-refractivity contribution in [2.45, 2.75) is 13.8 Å². The molecule has 2 aromatic carbocycles. The van der Waals surface area contributed by atoms with E-state index in [-0.39, 0.29) is 12.5 Å². The van der Waals surface area contributed by atoms with Crippen molar-refractivity contribution in [1.29, 1.82) is 0 Å². The number of amides is 1. The molecule has 0 saturated heterocycles. The minimum atomic E-state index is -0.124. The third-order valence-electron chi connectivity index (χ3n) is 3.25. The van der Waals surface area contributed by atoms with Crippen LogP contribution in [0.25, 0.3) is 0 Å². The number of carbonyl (C=O) groups is 1. The Balaban J connectivity index is 1.98. The molecule has 2 rings (SSSR count). The van der Waals surface area contributed by atoms with Gasteiger partial charge >= 0.3 is 0 Å². The molecule has 0 radical (unpaired) electrons. The van der Waals surface area contributed by atoms with E-state index in [0.717, 1.165) is 21.3 Å². The van der Waals surface area contributed by atoms with Gasteiger partial charge in [-0.2, -0.15) is 0 Å². The maximum absolute atomic E-state index is 12.1. The second-order valence-electron chi connectivity index (χ2n) is 5.07. The lowest BCUT2D eigenvalue weighted by Gasteiger charge is -2.12. The number of nitrogens with one attached hydrogen (secondary N) is 2. The van der Waals surface area contributed by atoms with Gasteiger partial charge < -0.3 is 15.4 Å². The van der Waals surface area contributed by atoms with Gasteiger partial charge in [-0.05, 0) is 49.2 Å². The van der Waals surface area contributed by atoms with Crippen LogP contribution < -0.4 is 15.4 Å². The molecule has 0 atom stereocenters. The molecule has 0 fully saturated rings. The Morgan fingerprint density at radius 1 is 1.18 bits per heavy atom. The highest BCUT2D eigenvalue weighted by Gasteiger charge is 2.08. The lowest BCUT2D eigenvalue weighted by molar-refractivity contribution is -0.114. The van der Waals surface area contributed by atoms with Crippen LogP contribution in [0.15, 0.2) is 40.9 Å². The number of anilines is 2. The van der Waals surface area contributed by atoms with Crippen LogP contribution in [0.3, 0.4) is 0 Å². The van der Waals surface area contributed by atoms with Gasteiger partial charge in [-0.3, -0.25) is 4.79 Å². The lowest BCUT2D eigenvalue weighted by atomic mass is 10.2. The summed E-state index contributed by atoms with van der Waals surface area (Å²) in [6.07, 6.45) is 0. The lowest BCUT2D eigenvalue weighted by Crippen LogP contribution is -2.22. The number of methoxy groups -OCH3 is 1. The summed E-state index contributed by atoms with van der Waals surface area (Å²) in [7, 11) is 1.59. The minimum absolute atomic E-state index is 0.124. The Labute approximate surface area is 139 Å². The van der Waals surface area contributed by atoms with Gasteiger partial charge in [0.1, 0.15) is 5.75 Å². The summed E-state index contributed by atoms with van der Waals surface area (Å²) in [6.45, 7) is 4.17. The summed E-state index contributed by atoms with van der Waals surface area (Å²) < 4.78 is 6.26. The molecule has 0 saturated carbocycles. The van der Waals surface area contributed by atoms with Crippen LogP contribution in [0, 0.1) is 13.8 Å². The summed E-state index contributed by atoms with van der Waals surface area (Å²) in [5.74, 6) is 0.526. The number of benzene rings is 2. The molecule has 0 heterocycles. The maximum atomic E-state index is 12.1. The van der Waals surface area contributed by atoms with E-state index in [9.17, 15) is 4.79 Å². The van der Waals surface area contributed by atoms with Crippen molar-refractivity contribution >= 4 is 33.2 Å². The highest BCUT2D eigenvalue weighted by Crippen LogP contribution is 2.25. The van der Waals surface area contributed by atoms with Gasteiger partial charge in [0.2, 0.25) is 5.91 Å². The zero-order valence-corrected chi connectivity index (χ0v) is 14.5. The van der Waals surface area contributed by atoms with Gasteiger partial charge in [0.25, 0.3) is 0 Å². The average molecular weight is 363 g/mol. The standard InChI is InChI=1S/C17H19BrN2O2/c1-11-4-7-16(22-3)15(8-11)20-17(21)10-19-13-6-5-12(2)14(18)9-13/h4-9,19H,10H2,1-3H3,(H,20,21). The maximum Gasteiger partial charge on any atom is 0.243 e. The minimum Gasteiger partial charge on any atom is -0.495 e. The van der Waals surface area contributed by atoms with Gasteiger partial charge in [-0.25, -0.2) is 0 Å². The predicted octanol–water partition coefficient (Wildman–Crippen LogP) is 4.13. The molecule has 0 aromatic heterocycles. The third kappa shape index (κ3) is 4.24. The predicted molar refractivity (Wildman–Crippen MR) is 93.7 cm³/mol. The topological polar surface area (TPSA) is 50.4 Å². The summed E-state index contributed by atoms with van der Waals surface area (Å²) in [6, 6.07) is 11.6. The number of carbonyl (C=O) groups excluding carboxylic acids is 1. The zero-order valence-electron chi connectivity index (χ0n) is 12.9. The van der Waals surface area contributed by atoms with Crippen LogP contribution in [0.5, 0.6) is 5.75 Å². The molecule has 4 nitrogen and oxygen atoms in total. The Morgan fingerprint density at radius 3 is 2.64 bits per heavy atom. The van der Waals surface area contributed by atoms with E-state index in [1.807, 2.05) is 50.2 Å². The van der Waals surface area contributed by atoms with Crippen molar-refractivity contribution < 1.29 is 9.53 Å². The average Bonchev–Trinajstić information content (AvgIpc) is 2.49. The van der Waals surface area contributed by atoms with E-state index in [1.54, 1.807) is 7.11 Å². The van der Waals surface area contributed by atoms with Crippen molar-refractivity contribution in [2.24, 2.45) is 0 Å². The monoisotopic (exact) mass is 362 g/mol. The Bertz CT molecular complexity index is 686. The quantitative estimate of drug-likeness (QED) is 0.840. The normalized spacial score (nSPS) is 10.2. The van der Waals surface area contributed by atoms with Crippen molar-refractivity contribution in [3.63, 3.8) is 0 Å². The van der Waals surface area contributed by atoms with E-state index in [4.69, 9.17) is 4.74 Å². The van der Waals surface area contributed by atoms with Crippen molar-refractivity contribution in [3.05, 3.63) is 52.0 Å². The molecule has 22 heavy (non-hydrogen) atoms. The van der Waals surface area contributed by atoms with E-state index in [0.29, 0.717) is 11.4 Å². The molecule has 2 N–H and O–H groups in total. The highest BCUT2D eigenvalue weighted by atomic mass is 79.9. The third-order valence-corrected chi connectivity index (χ3v) is 4.11. The van der Waals surface area contributed by atoms with Gasteiger partial charge in [-0.1, -0.05) is 28.1 Å². The molecule has 116 valence electrons. The van der Waals surface area contributed by atoms with Crippen LogP contribution in [0.1, 0.15) is 11.1 Å². The van der Waals surface area contributed by atoms with E-state index in [1.165, 1.54) is 0 Å². The fourth-order valence-electron chi connectivity index (χ4n) is 2.00. The second-order valence-corrected chi connectivity index (χ2v) is 5.92. The SMILES string of the molecule is COc1ccc(C)cc1NC(=O)CNc1ccc(C)c(Br)c1. The summed E-state index contributed by atoms with van der Waals surface area (Å²) in [4.78, 5) is 12.1. The number of rotatable bonds is 5. The van der Waals surface area contributed by atoms with Crippen LogP contribution in [0.4, 0.5) is 11.4 Å². The molecular weight excluding hydrogens is 344 g/mol. The van der Waals surface area contributed by atoms with Crippen molar-refractivity contribution in [3.8, 4) is 5.75 Å². The summed E-state index contributed by atoms with van der Waals surface area (Å²) in [5.41, 5.74) is 3.79. The number of halogens is 1. The van der Waals surface area contributed by atoms with Crippen molar-refractivity contribution in [1.82, 2.24) is 0 Å². The Kier molecular flexibility index (Phi) is 5.44. The Morgan fingerprint density at radius 2 is 1.95 bits per heavy atom. The fraction of sp³-hybridized carbons (Fsp3) is 0.235. The number of ether oxygens (including phenoxy) is 1. The molecular formula is C17H19BrN2O2. The first-order valence-corrected chi connectivity index (χ1v) is 7.73. The zero-order chi connectivity index (χ0) is 16.1. The number of hydrogen-bond donors (Lipinski definition) is 2. The van der Waals surface area contributed by atoms with Crippen LogP contribution >= 0.6 is 15.9 Å². The van der Waals surface area contributed by atoms with E-state index < -0.39 is 0 Å². The molecule has 0 unspecified atom stereocenters. The number of aryl methyl sites for hydroxylation is 2. The first-order chi connectivity index (χ1) is 10.5. The van der Waals surface area contributed by atoms with E-state index >= 15 is 0 Å². The Hall–Kier alpha value is -2.01. The van der Waals surface area contributed by atoms with Gasteiger partial charge in [0, 0.05) is 10.2 Å². The summed E-state index contributed by atoms with van der Waals surface area (Å²) in [5, 5.41) is 5.96. The second kappa shape index (κ2) is 7.31. The van der Waals surface area contributed by atoms with Gasteiger partial charge in [0.05, 0.1) is 19.3 Å².